The second-order valence-corrected chi connectivity index (χ2v) is 4.12. The fourth-order valence-corrected chi connectivity index (χ4v) is 1.68. The highest BCUT2D eigenvalue weighted by atomic mass is 16.5. The molecule has 94 valence electrons. The van der Waals surface area contributed by atoms with Gasteiger partial charge in [0.1, 0.15) is 5.75 Å². The van der Waals surface area contributed by atoms with Gasteiger partial charge in [0.2, 0.25) is 0 Å². The van der Waals surface area contributed by atoms with Crippen LogP contribution in [0, 0.1) is 0 Å². The minimum absolute atomic E-state index is 0.0194. The van der Waals surface area contributed by atoms with Gasteiger partial charge in [0, 0.05) is 11.6 Å². The van der Waals surface area contributed by atoms with Crippen LogP contribution in [-0.4, -0.2) is 18.6 Å². The Morgan fingerprint density at radius 2 is 1.94 bits per heavy atom. The van der Waals surface area contributed by atoms with Crippen LogP contribution in [0.2, 0.25) is 0 Å². The molecule has 0 fully saturated rings. The third-order valence-corrected chi connectivity index (χ3v) is 2.53. The summed E-state index contributed by atoms with van der Waals surface area (Å²) in [7, 11) is 0. The highest BCUT2D eigenvalue weighted by Gasteiger charge is 2.08. The molecule has 1 aromatic rings. The van der Waals surface area contributed by atoms with E-state index in [2.05, 4.69) is 12.2 Å². The molecule has 1 N–H and O–H groups in total. The maximum Gasteiger partial charge on any atom is 0.251 e. The third-order valence-electron chi connectivity index (χ3n) is 2.53. The minimum atomic E-state index is -0.0194. The van der Waals surface area contributed by atoms with Gasteiger partial charge >= 0.3 is 0 Å². The van der Waals surface area contributed by atoms with Crippen molar-refractivity contribution in [3.63, 3.8) is 0 Å². The summed E-state index contributed by atoms with van der Waals surface area (Å²) in [6.45, 7) is 6.71. The smallest absolute Gasteiger partial charge is 0.251 e. The Labute approximate surface area is 103 Å². The van der Waals surface area contributed by atoms with Crippen molar-refractivity contribution in [1.82, 2.24) is 5.32 Å². The fourth-order valence-electron chi connectivity index (χ4n) is 1.68. The fraction of sp³-hybridized carbons (Fsp3) is 0.500. The lowest BCUT2D eigenvalue weighted by atomic mass is 10.1. The number of benzene rings is 1. The number of hydrogen-bond acceptors (Lipinski definition) is 2. The summed E-state index contributed by atoms with van der Waals surface area (Å²) in [5.41, 5.74) is 0.677. The summed E-state index contributed by atoms with van der Waals surface area (Å²) >= 11 is 0. The molecule has 0 saturated carbocycles. The van der Waals surface area contributed by atoms with Gasteiger partial charge in [-0.05, 0) is 44.5 Å². The van der Waals surface area contributed by atoms with E-state index in [0.29, 0.717) is 12.2 Å². The zero-order chi connectivity index (χ0) is 12.7. The first-order valence-electron chi connectivity index (χ1n) is 6.21. The Balaban J connectivity index is 2.57. The molecule has 0 saturated heterocycles. The lowest BCUT2D eigenvalue weighted by molar-refractivity contribution is 0.0938. The van der Waals surface area contributed by atoms with Gasteiger partial charge in [0.25, 0.3) is 5.91 Å². The maximum atomic E-state index is 11.8. The van der Waals surface area contributed by atoms with E-state index in [9.17, 15) is 4.79 Å². The van der Waals surface area contributed by atoms with Crippen molar-refractivity contribution in [2.45, 2.75) is 39.7 Å². The number of carbonyl (C=O) groups is 1. The summed E-state index contributed by atoms with van der Waals surface area (Å²) in [6, 6.07) is 7.45. The van der Waals surface area contributed by atoms with Crippen molar-refractivity contribution < 1.29 is 9.53 Å². The quantitative estimate of drug-likeness (QED) is 0.823. The van der Waals surface area contributed by atoms with E-state index in [1.807, 2.05) is 26.0 Å². The molecular weight excluding hydrogens is 214 g/mol. The van der Waals surface area contributed by atoms with Crippen LogP contribution >= 0.6 is 0 Å². The minimum Gasteiger partial charge on any atom is -0.494 e. The average Bonchev–Trinajstić information content (AvgIpc) is 2.30. The first-order chi connectivity index (χ1) is 8.17. The Morgan fingerprint density at radius 3 is 2.47 bits per heavy atom. The number of ether oxygens (including phenoxy) is 1. The first kappa shape index (κ1) is 13.6. The van der Waals surface area contributed by atoms with E-state index >= 15 is 0 Å². The Bertz CT molecular complexity index is 346. The normalized spacial score (nSPS) is 11.9. The molecule has 1 amide bonds. The summed E-state index contributed by atoms with van der Waals surface area (Å²) in [6.07, 6.45) is 2.08. The predicted molar refractivity (Wildman–Crippen MR) is 69.4 cm³/mol. The Hall–Kier alpha value is -1.51. The maximum absolute atomic E-state index is 11.8. The predicted octanol–water partition coefficient (Wildman–Crippen LogP) is 3.00. The van der Waals surface area contributed by atoms with Crippen LogP contribution in [0.4, 0.5) is 0 Å². The molecule has 0 heterocycles. The van der Waals surface area contributed by atoms with Gasteiger partial charge in [-0.2, -0.15) is 0 Å². The van der Waals surface area contributed by atoms with Crippen LogP contribution in [0.1, 0.15) is 44.0 Å². The first-order valence-corrected chi connectivity index (χ1v) is 6.21. The van der Waals surface area contributed by atoms with Crippen molar-refractivity contribution in [3.8, 4) is 5.75 Å². The van der Waals surface area contributed by atoms with Gasteiger partial charge in [-0.15, -0.1) is 0 Å². The number of carbonyl (C=O) groups excluding carboxylic acids is 1. The molecule has 0 radical (unpaired) electrons. The molecule has 0 bridgehead atoms. The van der Waals surface area contributed by atoms with Crippen LogP contribution in [0.3, 0.4) is 0 Å². The molecule has 0 spiro atoms. The molecule has 1 atom stereocenters. The number of hydrogen-bond donors (Lipinski definition) is 1. The Morgan fingerprint density at radius 1 is 1.29 bits per heavy atom. The van der Waals surface area contributed by atoms with Crippen molar-refractivity contribution in [2.75, 3.05) is 6.61 Å². The molecule has 0 aliphatic rings. The molecule has 0 aliphatic carbocycles. The highest BCUT2D eigenvalue weighted by molar-refractivity contribution is 5.94. The van der Waals surface area contributed by atoms with E-state index in [0.717, 1.165) is 18.6 Å². The van der Waals surface area contributed by atoms with Crippen molar-refractivity contribution in [2.24, 2.45) is 0 Å². The van der Waals surface area contributed by atoms with E-state index in [1.165, 1.54) is 0 Å². The number of rotatable bonds is 6. The van der Waals surface area contributed by atoms with Gasteiger partial charge in [-0.25, -0.2) is 0 Å². The molecule has 17 heavy (non-hydrogen) atoms. The van der Waals surface area contributed by atoms with E-state index < -0.39 is 0 Å². The van der Waals surface area contributed by atoms with Crippen LogP contribution in [0.15, 0.2) is 24.3 Å². The molecular formula is C14H21NO2. The van der Waals surface area contributed by atoms with E-state index in [1.54, 1.807) is 12.1 Å². The van der Waals surface area contributed by atoms with Crippen molar-refractivity contribution >= 4 is 5.91 Å². The molecule has 3 heteroatoms. The topological polar surface area (TPSA) is 38.3 Å². The Kier molecular flexibility index (Phi) is 5.53. The third kappa shape index (κ3) is 4.47. The van der Waals surface area contributed by atoms with Crippen molar-refractivity contribution in [1.29, 1.82) is 0 Å². The largest absolute Gasteiger partial charge is 0.494 e. The second kappa shape index (κ2) is 6.94. The summed E-state index contributed by atoms with van der Waals surface area (Å²) in [5.74, 6) is 0.777. The van der Waals surface area contributed by atoms with E-state index in [4.69, 9.17) is 4.74 Å². The molecule has 0 aromatic heterocycles. The van der Waals surface area contributed by atoms with Gasteiger partial charge < -0.3 is 10.1 Å². The van der Waals surface area contributed by atoms with Crippen LogP contribution in [0.25, 0.3) is 0 Å². The van der Waals surface area contributed by atoms with Gasteiger partial charge in [0.05, 0.1) is 6.61 Å². The summed E-state index contributed by atoms with van der Waals surface area (Å²) in [5, 5.41) is 2.97. The van der Waals surface area contributed by atoms with Crippen LogP contribution in [0.5, 0.6) is 5.75 Å². The summed E-state index contributed by atoms with van der Waals surface area (Å²) < 4.78 is 5.33. The van der Waals surface area contributed by atoms with Gasteiger partial charge in [-0.3, -0.25) is 4.79 Å². The van der Waals surface area contributed by atoms with Crippen LogP contribution in [-0.2, 0) is 0 Å². The summed E-state index contributed by atoms with van der Waals surface area (Å²) in [4.78, 5) is 11.8. The van der Waals surface area contributed by atoms with Gasteiger partial charge in [0.15, 0.2) is 0 Å². The lowest BCUT2D eigenvalue weighted by Crippen LogP contribution is -2.32. The number of amides is 1. The average molecular weight is 235 g/mol. The molecule has 1 unspecified atom stereocenters. The monoisotopic (exact) mass is 235 g/mol. The van der Waals surface area contributed by atoms with Crippen molar-refractivity contribution in [3.05, 3.63) is 29.8 Å². The highest BCUT2D eigenvalue weighted by Crippen LogP contribution is 2.12. The van der Waals surface area contributed by atoms with E-state index in [-0.39, 0.29) is 11.9 Å². The standard InChI is InChI=1S/C14H21NO2/c1-4-6-11(3)15-14(16)12-7-9-13(10-8-12)17-5-2/h7-11H,4-6H2,1-3H3,(H,15,16). The SMILES string of the molecule is CCCC(C)NC(=O)c1ccc(OCC)cc1. The molecule has 1 aromatic carbocycles. The lowest BCUT2D eigenvalue weighted by Gasteiger charge is -2.12. The zero-order valence-corrected chi connectivity index (χ0v) is 10.8. The zero-order valence-electron chi connectivity index (χ0n) is 10.8. The number of nitrogens with one attached hydrogen (secondary N) is 1. The van der Waals surface area contributed by atoms with Gasteiger partial charge in [-0.1, -0.05) is 13.3 Å². The second-order valence-electron chi connectivity index (χ2n) is 4.12. The molecule has 0 aliphatic heterocycles. The molecule has 1 rings (SSSR count). The van der Waals surface area contributed by atoms with Crippen LogP contribution < -0.4 is 10.1 Å². The molecule has 3 nitrogen and oxygen atoms in total.